The molecule has 16 heavy (non-hydrogen) atoms. The molecule has 1 aromatic rings. The molecule has 1 nitrogen and oxygen atoms in total. The molecule has 0 saturated heterocycles. The fraction of sp³-hybridized carbons (Fsp3) is 0.600. The van der Waals surface area contributed by atoms with E-state index in [9.17, 15) is 5.11 Å². The summed E-state index contributed by atoms with van der Waals surface area (Å²) in [6.45, 7) is 4.49. The molecule has 1 saturated carbocycles. The summed E-state index contributed by atoms with van der Waals surface area (Å²) in [4.78, 5) is 0. The van der Waals surface area contributed by atoms with Crippen molar-refractivity contribution in [2.45, 2.75) is 51.6 Å². The standard InChI is InChI=1S/C15H22O/c1-11(2)9-12-5-3-6-13(10-12)14-7-4-8-15(14)16/h3,5-6,10-11,14-16H,4,7-9H2,1-2H3. The molecule has 88 valence electrons. The van der Waals surface area contributed by atoms with Crippen LogP contribution in [0.4, 0.5) is 0 Å². The second kappa shape index (κ2) is 5.01. The molecule has 1 aliphatic rings. The third-order valence-corrected chi connectivity index (χ3v) is 3.50. The molecule has 0 aliphatic heterocycles. The Labute approximate surface area is 98.5 Å². The highest BCUT2D eigenvalue weighted by Gasteiger charge is 2.26. The lowest BCUT2D eigenvalue weighted by molar-refractivity contribution is 0.164. The number of hydrogen-bond acceptors (Lipinski definition) is 1. The zero-order valence-electron chi connectivity index (χ0n) is 10.3. The number of hydrogen-bond donors (Lipinski definition) is 1. The van der Waals surface area contributed by atoms with Gasteiger partial charge in [-0.05, 0) is 36.3 Å². The molecule has 2 unspecified atom stereocenters. The summed E-state index contributed by atoms with van der Waals surface area (Å²) in [7, 11) is 0. The van der Waals surface area contributed by atoms with Crippen LogP contribution in [-0.4, -0.2) is 11.2 Å². The van der Waals surface area contributed by atoms with Gasteiger partial charge in [0.2, 0.25) is 0 Å². The maximum atomic E-state index is 9.92. The van der Waals surface area contributed by atoms with Crippen LogP contribution in [0.3, 0.4) is 0 Å². The summed E-state index contributed by atoms with van der Waals surface area (Å²) in [5, 5.41) is 9.92. The van der Waals surface area contributed by atoms with Gasteiger partial charge in [0.15, 0.2) is 0 Å². The fourth-order valence-electron chi connectivity index (χ4n) is 2.75. The number of rotatable bonds is 3. The van der Waals surface area contributed by atoms with E-state index >= 15 is 0 Å². The lowest BCUT2D eigenvalue weighted by Gasteiger charge is -2.16. The Bertz CT molecular complexity index is 343. The lowest BCUT2D eigenvalue weighted by atomic mass is 9.92. The van der Waals surface area contributed by atoms with Gasteiger partial charge in [-0.1, -0.05) is 44.5 Å². The topological polar surface area (TPSA) is 20.2 Å². The maximum absolute atomic E-state index is 9.92. The summed E-state index contributed by atoms with van der Waals surface area (Å²) in [6, 6.07) is 8.80. The first-order chi connectivity index (χ1) is 7.66. The SMILES string of the molecule is CC(C)Cc1cccc(C2CCCC2O)c1. The predicted octanol–water partition coefficient (Wildman–Crippen LogP) is 3.51. The monoisotopic (exact) mass is 218 g/mol. The number of aliphatic hydroxyl groups is 1. The van der Waals surface area contributed by atoms with Crippen molar-refractivity contribution in [3.05, 3.63) is 35.4 Å². The molecule has 1 aromatic carbocycles. The minimum Gasteiger partial charge on any atom is -0.392 e. The molecule has 0 radical (unpaired) electrons. The average Bonchev–Trinajstić information content (AvgIpc) is 2.64. The predicted molar refractivity (Wildman–Crippen MR) is 67.6 cm³/mol. The van der Waals surface area contributed by atoms with Crippen LogP contribution in [0, 0.1) is 5.92 Å². The third kappa shape index (κ3) is 2.65. The van der Waals surface area contributed by atoms with Gasteiger partial charge in [-0.3, -0.25) is 0 Å². The molecule has 1 aliphatic carbocycles. The molecule has 2 atom stereocenters. The largest absolute Gasteiger partial charge is 0.392 e. The van der Waals surface area contributed by atoms with Gasteiger partial charge >= 0.3 is 0 Å². The third-order valence-electron chi connectivity index (χ3n) is 3.50. The van der Waals surface area contributed by atoms with E-state index < -0.39 is 0 Å². The van der Waals surface area contributed by atoms with Crippen molar-refractivity contribution in [2.24, 2.45) is 5.92 Å². The molecule has 1 fully saturated rings. The van der Waals surface area contributed by atoms with Crippen molar-refractivity contribution in [3.8, 4) is 0 Å². The van der Waals surface area contributed by atoms with Gasteiger partial charge in [0.1, 0.15) is 0 Å². The van der Waals surface area contributed by atoms with Crippen molar-refractivity contribution in [1.82, 2.24) is 0 Å². The van der Waals surface area contributed by atoms with Gasteiger partial charge in [0.05, 0.1) is 6.10 Å². The van der Waals surface area contributed by atoms with Gasteiger partial charge < -0.3 is 5.11 Å². The van der Waals surface area contributed by atoms with E-state index in [1.54, 1.807) is 0 Å². The Kier molecular flexibility index (Phi) is 3.65. The Morgan fingerprint density at radius 3 is 2.75 bits per heavy atom. The highest BCUT2D eigenvalue weighted by Crippen LogP contribution is 2.34. The molecule has 0 amide bonds. The second-order valence-electron chi connectivity index (χ2n) is 5.45. The van der Waals surface area contributed by atoms with Gasteiger partial charge in [-0.15, -0.1) is 0 Å². The second-order valence-corrected chi connectivity index (χ2v) is 5.45. The van der Waals surface area contributed by atoms with E-state index in [1.165, 1.54) is 17.5 Å². The molecule has 1 heteroatoms. The van der Waals surface area contributed by atoms with E-state index in [-0.39, 0.29) is 6.10 Å². The Balaban J connectivity index is 2.15. The quantitative estimate of drug-likeness (QED) is 0.823. The first kappa shape index (κ1) is 11.7. The Morgan fingerprint density at radius 1 is 1.31 bits per heavy atom. The van der Waals surface area contributed by atoms with Gasteiger partial charge in [0, 0.05) is 5.92 Å². The number of aliphatic hydroxyl groups excluding tert-OH is 1. The van der Waals surface area contributed by atoms with Crippen molar-refractivity contribution < 1.29 is 5.11 Å². The van der Waals surface area contributed by atoms with Crippen molar-refractivity contribution in [3.63, 3.8) is 0 Å². The first-order valence-corrected chi connectivity index (χ1v) is 6.43. The van der Waals surface area contributed by atoms with Crippen LogP contribution >= 0.6 is 0 Å². The molecule has 0 bridgehead atoms. The highest BCUT2D eigenvalue weighted by atomic mass is 16.3. The molecular formula is C15H22O. The van der Waals surface area contributed by atoms with E-state index in [1.807, 2.05) is 0 Å². The van der Waals surface area contributed by atoms with E-state index in [0.29, 0.717) is 11.8 Å². The summed E-state index contributed by atoms with van der Waals surface area (Å²) in [6.07, 6.45) is 4.30. The maximum Gasteiger partial charge on any atom is 0.0608 e. The first-order valence-electron chi connectivity index (χ1n) is 6.43. The molecule has 2 rings (SSSR count). The zero-order chi connectivity index (χ0) is 11.5. The molecule has 0 spiro atoms. The summed E-state index contributed by atoms with van der Waals surface area (Å²) in [5.74, 6) is 1.08. The smallest absolute Gasteiger partial charge is 0.0608 e. The molecule has 0 heterocycles. The van der Waals surface area contributed by atoms with Gasteiger partial charge in [0.25, 0.3) is 0 Å². The van der Waals surface area contributed by atoms with Crippen LogP contribution < -0.4 is 0 Å². The van der Waals surface area contributed by atoms with Crippen molar-refractivity contribution >= 4 is 0 Å². The van der Waals surface area contributed by atoms with E-state index in [2.05, 4.69) is 38.1 Å². The van der Waals surface area contributed by atoms with Crippen LogP contribution in [-0.2, 0) is 6.42 Å². The van der Waals surface area contributed by atoms with Crippen LogP contribution in [0.25, 0.3) is 0 Å². The number of benzene rings is 1. The summed E-state index contributed by atoms with van der Waals surface area (Å²) < 4.78 is 0. The van der Waals surface area contributed by atoms with Crippen LogP contribution in [0.5, 0.6) is 0 Å². The average molecular weight is 218 g/mol. The zero-order valence-corrected chi connectivity index (χ0v) is 10.3. The highest BCUT2D eigenvalue weighted by molar-refractivity contribution is 5.28. The summed E-state index contributed by atoms with van der Waals surface area (Å²) in [5.41, 5.74) is 2.75. The van der Waals surface area contributed by atoms with Gasteiger partial charge in [-0.25, -0.2) is 0 Å². The Hall–Kier alpha value is -0.820. The van der Waals surface area contributed by atoms with Crippen molar-refractivity contribution in [1.29, 1.82) is 0 Å². The van der Waals surface area contributed by atoms with E-state index in [0.717, 1.165) is 19.3 Å². The normalized spacial score (nSPS) is 25.2. The summed E-state index contributed by atoms with van der Waals surface area (Å²) >= 11 is 0. The molecule has 0 aromatic heterocycles. The lowest BCUT2D eigenvalue weighted by Crippen LogP contribution is -2.11. The van der Waals surface area contributed by atoms with Crippen molar-refractivity contribution in [2.75, 3.05) is 0 Å². The Morgan fingerprint density at radius 2 is 2.12 bits per heavy atom. The van der Waals surface area contributed by atoms with Crippen LogP contribution in [0.1, 0.15) is 50.2 Å². The van der Waals surface area contributed by atoms with E-state index in [4.69, 9.17) is 0 Å². The molecular weight excluding hydrogens is 196 g/mol. The molecule has 1 N–H and O–H groups in total. The fourth-order valence-corrected chi connectivity index (χ4v) is 2.75. The minimum absolute atomic E-state index is 0.116. The van der Waals surface area contributed by atoms with Crippen LogP contribution in [0.2, 0.25) is 0 Å². The van der Waals surface area contributed by atoms with Gasteiger partial charge in [-0.2, -0.15) is 0 Å². The van der Waals surface area contributed by atoms with Crippen LogP contribution in [0.15, 0.2) is 24.3 Å². The minimum atomic E-state index is -0.116.